The quantitative estimate of drug-likeness (QED) is 0.704. The molecule has 2 aromatic carbocycles. The van der Waals surface area contributed by atoms with Crippen LogP contribution in [0.25, 0.3) is 0 Å². The second-order valence-electron chi connectivity index (χ2n) is 5.77. The molecule has 2 atom stereocenters. The first kappa shape index (κ1) is 19.2. The van der Waals surface area contributed by atoms with E-state index in [1.807, 2.05) is 43.3 Å². The van der Waals surface area contributed by atoms with E-state index in [0.29, 0.717) is 10.6 Å². The number of hydrogen-bond donors (Lipinski definition) is 3. The predicted molar refractivity (Wildman–Crippen MR) is 96.4 cm³/mol. The zero-order valence-electron chi connectivity index (χ0n) is 14.0. The predicted octanol–water partition coefficient (Wildman–Crippen LogP) is 3.36. The first-order valence-corrected chi connectivity index (χ1v) is 8.42. The van der Waals surface area contributed by atoms with Gasteiger partial charge in [-0.25, -0.2) is 4.79 Å². The molecule has 0 aliphatic heterocycles. The van der Waals surface area contributed by atoms with Gasteiger partial charge in [-0.3, -0.25) is 0 Å². The molecule has 0 aromatic heterocycles. The number of rotatable bonds is 7. The lowest BCUT2D eigenvalue weighted by Gasteiger charge is -2.20. The largest absolute Gasteiger partial charge is 0.445 e. The normalized spacial score (nSPS) is 13.1. The first-order valence-electron chi connectivity index (χ1n) is 8.04. The fraction of sp³-hybridized carbons (Fsp3) is 0.316. The molecule has 0 radical (unpaired) electrons. The molecular formula is C19H22ClNO4. The third-order valence-corrected chi connectivity index (χ3v) is 4.34. The highest BCUT2D eigenvalue weighted by molar-refractivity contribution is 6.32. The number of ether oxygens (including phenoxy) is 1. The summed E-state index contributed by atoms with van der Waals surface area (Å²) in [6.45, 7) is 2.18. The van der Waals surface area contributed by atoms with Crippen LogP contribution < -0.4 is 5.32 Å². The van der Waals surface area contributed by atoms with E-state index >= 15 is 0 Å². The molecule has 3 N–H and O–H groups in total. The molecule has 0 aliphatic rings. The van der Waals surface area contributed by atoms with Gasteiger partial charge in [-0.05, 0) is 24.5 Å². The van der Waals surface area contributed by atoms with E-state index in [9.17, 15) is 15.0 Å². The molecule has 2 rings (SSSR count). The zero-order valence-corrected chi connectivity index (χ0v) is 14.7. The minimum absolute atomic E-state index is 0.172. The summed E-state index contributed by atoms with van der Waals surface area (Å²) in [5.74, 6) is 0. The van der Waals surface area contributed by atoms with Gasteiger partial charge in [0.25, 0.3) is 0 Å². The van der Waals surface area contributed by atoms with Crippen molar-refractivity contribution in [2.45, 2.75) is 32.2 Å². The van der Waals surface area contributed by atoms with Gasteiger partial charge in [-0.1, -0.05) is 60.1 Å². The molecule has 0 fully saturated rings. The van der Waals surface area contributed by atoms with Gasteiger partial charge in [-0.15, -0.1) is 0 Å². The molecule has 0 saturated carbocycles. The molecule has 0 spiro atoms. The van der Waals surface area contributed by atoms with Crippen LogP contribution in [-0.4, -0.2) is 29.0 Å². The fourth-order valence-corrected chi connectivity index (χ4v) is 2.60. The van der Waals surface area contributed by atoms with Gasteiger partial charge in [0.2, 0.25) is 0 Å². The summed E-state index contributed by atoms with van der Waals surface area (Å²) < 4.78 is 5.07. The second-order valence-corrected chi connectivity index (χ2v) is 6.15. The SMILES string of the molecule is Cc1cccc(C(O)C(O)CCNC(=O)OCc2ccccc2)c1Cl. The fourth-order valence-electron chi connectivity index (χ4n) is 2.36. The highest BCUT2D eigenvalue weighted by Gasteiger charge is 2.21. The molecular weight excluding hydrogens is 342 g/mol. The molecule has 0 bridgehead atoms. The van der Waals surface area contributed by atoms with Crippen LogP contribution in [-0.2, 0) is 11.3 Å². The number of hydrogen-bond acceptors (Lipinski definition) is 4. The van der Waals surface area contributed by atoms with Gasteiger partial charge in [0.05, 0.1) is 6.10 Å². The van der Waals surface area contributed by atoms with Crippen LogP contribution in [0, 0.1) is 6.92 Å². The summed E-state index contributed by atoms with van der Waals surface area (Å²) in [6.07, 6.45) is -2.56. The Morgan fingerprint density at radius 2 is 1.88 bits per heavy atom. The van der Waals surface area contributed by atoms with Crippen molar-refractivity contribution in [2.75, 3.05) is 6.54 Å². The van der Waals surface area contributed by atoms with E-state index in [4.69, 9.17) is 16.3 Å². The number of amides is 1. The topological polar surface area (TPSA) is 78.8 Å². The average Bonchev–Trinajstić information content (AvgIpc) is 2.62. The third-order valence-electron chi connectivity index (χ3n) is 3.83. The highest BCUT2D eigenvalue weighted by atomic mass is 35.5. The Kier molecular flexibility index (Phi) is 7.25. The number of aliphatic hydroxyl groups excluding tert-OH is 2. The van der Waals surface area contributed by atoms with Crippen LogP contribution >= 0.6 is 11.6 Å². The minimum atomic E-state index is -1.12. The Bertz CT molecular complexity index is 693. The Morgan fingerprint density at radius 1 is 1.16 bits per heavy atom. The van der Waals surface area contributed by atoms with Crippen molar-refractivity contribution in [1.29, 1.82) is 0 Å². The van der Waals surface area contributed by atoms with Crippen molar-refractivity contribution in [3.63, 3.8) is 0 Å². The number of carbonyl (C=O) groups is 1. The van der Waals surface area contributed by atoms with E-state index in [0.717, 1.165) is 11.1 Å². The van der Waals surface area contributed by atoms with E-state index in [2.05, 4.69) is 5.32 Å². The maximum absolute atomic E-state index is 11.6. The van der Waals surface area contributed by atoms with Crippen molar-refractivity contribution < 1.29 is 19.7 Å². The number of halogens is 1. The number of aryl methyl sites for hydroxylation is 1. The first-order chi connectivity index (χ1) is 12.0. The lowest BCUT2D eigenvalue weighted by atomic mass is 10.0. The lowest BCUT2D eigenvalue weighted by Crippen LogP contribution is -2.29. The van der Waals surface area contributed by atoms with Crippen LogP contribution in [0.3, 0.4) is 0 Å². The van der Waals surface area contributed by atoms with Crippen molar-refractivity contribution in [1.82, 2.24) is 5.32 Å². The molecule has 0 saturated heterocycles. The third kappa shape index (κ3) is 5.74. The van der Waals surface area contributed by atoms with E-state index in [-0.39, 0.29) is 19.6 Å². The van der Waals surface area contributed by atoms with Crippen LogP contribution in [0.1, 0.15) is 29.2 Å². The van der Waals surface area contributed by atoms with Gasteiger partial charge < -0.3 is 20.3 Å². The molecule has 6 heteroatoms. The van der Waals surface area contributed by atoms with Gasteiger partial charge in [0.1, 0.15) is 12.7 Å². The number of carbonyl (C=O) groups excluding carboxylic acids is 1. The average molecular weight is 364 g/mol. The Morgan fingerprint density at radius 3 is 2.60 bits per heavy atom. The summed E-state index contributed by atoms with van der Waals surface area (Å²) in [5, 5.41) is 23.3. The Hall–Kier alpha value is -2.08. The van der Waals surface area contributed by atoms with Crippen LogP contribution in [0.4, 0.5) is 4.79 Å². The summed E-state index contributed by atoms with van der Waals surface area (Å²) in [4.78, 5) is 11.6. The maximum Gasteiger partial charge on any atom is 0.407 e. The zero-order chi connectivity index (χ0) is 18.2. The molecule has 0 heterocycles. The van der Waals surface area contributed by atoms with Crippen molar-refractivity contribution in [3.05, 3.63) is 70.2 Å². The molecule has 25 heavy (non-hydrogen) atoms. The molecule has 0 aliphatic carbocycles. The van der Waals surface area contributed by atoms with E-state index in [1.165, 1.54) is 0 Å². The summed E-state index contributed by atoms with van der Waals surface area (Å²) in [7, 11) is 0. The number of nitrogens with one attached hydrogen (secondary N) is 1. The van der Waals surface area contributed by atoms with Crippen molar-refractivity contribution >= 4 is 17.7 Å². The van der Waals surface area contributed by atoms with Gasteiger partial charge in [0, 0.05) is 17.1 Å². The van der Waals surface area contributed by atoms with Crippen molar-refractivity contribution in [2.24, 2.45) is 0 Å². The van der Waals surface area contributed by atoms with Crippen molar-refractivity contribution in [3.8, 4) is 0 Å². The maximum atomic E-state index is 11.6. The summed E-state index contributed by atoms with van der Waals surface area (Å²) in [5.41, 5.74) is 2.19. The van der Waals surface area contributed by atoms with E-state index in [1.54, 1.807) is 12.1 Å². The number of aliphatic hydroxyl groups is 2. The molecule has 5 nitrogen and oxygen atoms in total. The lowest BCUT2D eigenvalue weighted by molar-refractivity contribution is 0.0136. The molecule has 2 aromatic rings. The van der Waals surface area contributed by atoms with Crippen LogP contribution in [0.15, 0.2) is 48.5 Å². The van der Waals surface area contributed by atoms with Gasteiger partial charge in [-0.2, -0.15) is 0 Å². The van der Waals surface area contributed by atoms with Gasteiger partial charge >= 0.3 is 6.09 Å². The smallest absolute Gasteiger partial charge is 0.407 e. The van der Waals surface area contributed by atoms with Gasteiger partial charge in [0.15, 0.2) is 0 Å². The molecule has 134 valence electrons. The Balaban J connectivity index is 1.75. The number of benzene rings is 2. The van der Waals surface area contributed by atoms with Crippen LogP contribution in [0.5, 0.6) is 0 Å². The standard InChI is InChI=1S/C19H22ClNO4/c1-13-6-5-9-15(17(13)20)18(23)16(22)10-11-21-19(24)25-12-14-7-3-2-4-8-14/h2-9,16,18,22-23H,10-12H2,1H3,(H,21,24). The van der Waals surface area contributed by atoms with Crippen LogP contribution in [0.2, 0.25) is 5.02 Å². The summed E-state index contributed by atoms with van der Waals surface area (Å²) >= 11 is 6.16. The summed E-state index contributed by atoms with van der Waals surface area (Å²) in [6, 6.07) is 14.6. The highest BCUT2D eigenvalue weighted by Crippen LogP contribution is 2.28. The van der Waals surface area contributed by atoms with E-state index < -0.39 is 18.3 Å². The second kappa shape index (κ2) is 9.42. The minimum Gasteiger partial charge on any atom is -0.445 e. The molecule has 1 amide bonds. The number of alkyl carbamates (subject to hydrolysis) is 1. The Labute approximate surface area is 152 Å². The monoisotopic (exact) mass is 363 g/mol. The molecule has 2 unspecified atom stereocenters.